The van der Waals surface area contributed by atoms with Crippen molar-refractivity contribution in [3.05, 3.63) is 0 Å². The smallest absolute Gasteiger partial charge is 0.0229 e. The van der Waals surface area contributed by atoms with Gasteiger partial charge in [0.25, 0.3) is 0 Å². The standard InChI is InChI=1S/C9H20N2/c1-7(2)11-5-8(3)9(6-11)10-4/h7-10H,5-6H2,1-4H3/t8-,9+/m0/s1. The number of nitrogens with zero attached hydrogens (tertiary/aromatic N) is 1. The van der Waals surface area contributed by atoms with Crippen LogP contribution in [0.5, 0.6) is 0 Å². The third-order valence-electron chi connectivity index (χ3n) is 2.74. The molecule has 1 fully saturated rings. The van der Waals surface area contributed by atoms with Crippen LogP contribution in [-0.2, 0) is 0 Å². The van der Waals surface area contributed by atoms with E-state index in [0.717, 1.165) is 5.92 Å². The molecule has 0 bridgehead atoms. The van der Waals surface area contributed by atoms with Crippen LogP contribution >= 0.6 is 0 Å². The molecular weight excluding hydrogens is 136 g/mol. The second kappa shape index (κ2) is 3.55. The molecule has 0 aromatic rings. The first-order valence-corrected chi connectivity index (χ1v) is 4.56. The minimum Gasteiger partial charge on any atom is -0.315 e. The normalized spacial score (nSPS) is 33.5. The lowest BCUT2D eigenvalue weighted by atomic mass is 10.1. The highest BCUT2D eigenvalue weighted by Gasteiger charge is 2.29. The molecule has 2 heteroatoms. The minimum atomic E-state index is 0.704. The highest BCUT2D eigenvalue weighted by molar-refractivity contribution is 4.86. The molecule has 2 nitrogen and oxygen atoms in total. The predicted octanol–water partition coefficient (Wildman–Crippen LogP) is 0.934. The summed E-state index contributed by atoms with van der Waals surface area (Å²) in [5.74, 6) is 0.808. The van der Waals surface area contributed by atoms with E-state index < -0.39 is 0 Å². The van der Waals surface area contributed by atoms with Crippen molar-refractivity contribution in [1.29, 1.82) is 0 Å². The van der Waals surface area contributed by atoms with Crippen LogP contribution in [0.4, 0.5) is 0 Å². The van der Waals surface area contributed by atoms with Gasteiger partial charge < -0.3 is 5.32 Å². The van der Waals surface area contributed by atoms with Gasteiger partial charge in [0.2, 0.25) is 0 Å². The summed E-state index contributed by atoms with van der Waals surface area (Å²) in [5.41, 5.74) is 0. The molecule has 0 aromatic carbocycles. The van der Waals surface area contributed by atoms with Gasteiger partial charge in [-0.3, -0.25) is 4.90 Å². The first kappa shape index (κ1) is 9.01. The summed E-state index contributed by atoms with van der Waals surface area (Å²) in [6.07, 6.45) is 0. The van der Waals surface area contributed by atoms with Crippen molar-refractivity contribution in [3.8, 4) is 0 Å². The van der Waals surface area contributed by atoms with Crippen molar-refractivity contribution < 1.29 is 0 Å². The van der Waals surface area contributed by atoms with E-state index in [4.69, 9.17) is 0 Å². The van der Waals surface area contributed by atoms with E-state index in [0.29, 0.717) is 12.1 Å². The maximum atomic E-state index is 3.36. The highest BCUT2D eigenvalue weighted by Crippen LogP contribution is 2.17. The Morgan fingerprint density at radius 2 is 2.00 bits per heavy atom. The van der Waals surface area contributed by atoms with Gasteiger partial charge in [-0.15, -0.1) is 0 Å². The Kier molecular flexibility index (Phi) is 2.90. The van der Waals surface area contributed by atoms with Crippen molar-refractivity contribution >= 4 is 0 Å². The molecule has 1 saturated heterocycles. The molecule has 0 saturated carbocycles. The van der Waals surface area contributed by atoms with Gasteiger partial charge in [0.05, 0.1) is 0 Å². The monoisotopic (exact) mass is 156 g/mol. The maximum Gasteiger partial charge on any atom is 0.0229 e. The van der Waals surface area contributed by atoms with Gasteiger partial charge in [0, 0.05) is 25.2 Å². The van der Waals surface area contributed by atoms with E-state index in [1.165, 1.54) is 13.1 Å². The number of likely N-dealkylation sites (tertiary alicyclic amines) is 1. The fourth-order valence-corrected chi connectivity index (χ4v) is 1.80. The molecular formula is C9H20N2. The molecule has 0 aliphatic carbocycles. The van der Waals surface area contributed by atoms with Crippen molar-refractivity contribution in [2.75, 3.05) is 20.1 Å². The van der Waals surface area contributed by atoms with Crippen molar-refractivity contribution in [3.63, 3.8) is 0 Å². The van der Waals surface area contributed by atoms with Crippen molar-refractivity contribution in [2.45, 2.75) is 32.9 Å². The number of nitrogens with one attached hydrogen (secondary N) is 1. The van der Waals surface area contributed by atoms with E-state index in [1.54, 1.807) is 0 Å². The van der Waals surface area contributed by atoms with Gasteiger partial charge in [-0.1, -0.05) is 6.92 Å². The molecule has 1 N–H and O–H groups in total. The van der Waals surface area contributed by atoms with Gasteiger partial charge in [0.15, 0.2) is 0 Å². The molecule has 1 rings (SSSR count). The van der Waals surface area contributed by atoms with Crippen LogP contribution in [0.3, 0.4) is 0 Å². The largest absolute Gasteiger partial charge is 0.315 e. The average Bonchev–Trinajstić information content (AvgIpc) is 2.31. The predicted molar refractivity (Wildman–Crippen MR) is 48.7 cm³/mol. The number of rotatable bonds is 2. The topological polar surface area (TPSA) is 15.3 Å². The Bertz CT molecular complexity index is 123. The minimum absolute atomic E-state index is 0.704. The summed E-state index contributed by atoms with van der Waals surface area (Å²) in [4.78, 5) is 2.53. The zero-order valence-electron chi connectivity index (χ0n) is 8.09. The highest BCUT2D eigenvalue weighted by atomic mass is 15.2. The zero-order chi connectivity index (χ0) is 8.43. The van der Waals surface area contributed by atoms with Crippen LogP contribution in [0.25, 0.3) is 0 Å². The molecule has 11 heavy (non-hydrogen) atoms. The lowest BCUT2D eigenvalue weighted by molar-refractivity contribution is 0.265. The lowest BCUT2D eigenvalue weighted by Gasteiger charge is -2.19. The lowest BCUT2D eigenvalue weighted by Crippen LogP contribution is -2.34. The molecule has 0 amide bonds. The molecule has 0 spiro atoms. The second-order valence-corrected chi connectivity index (χ2v) is 3.92. The quantitative estimate of drug-likeness (QED) is 0.640. The van der Waals surface area contributed by atoms with Crippen LogP contribution in [0.1, 0.15) is 20.8 Å². The molecule has 1 aliphatic rings. The summed E-state index contributed by atoms with van der Waals surface area (Å²) < 4.78 is 0. The summed E-state index contributed by atoms with van der Waals surface area (Å²) in [7, 11) is 2.06. The third kappa shape index (κ3) is 1.94. The Morgan fingerprint density at radius 3 is 2.27 bits per heavy atom. The maximum absolute atomic E-state index is 3.36. The fourth-order valence-electron chi connectivity index (χ4n) is 1.80. The molecule has 0 aromatic heterocycles. The Morgan fingerprint density at radius 1 is 1.36 bits per heavy atom. The number of hydrogen-bond acceptors (Lipinski definition) is 2. The molecule has 2 atom stereocenters. The van der Waals surface area contributed by atoms with Crippen molar-refractivity contribution in [1.82, 2.24) is 10.2 Å². The van der Waals surface area contributed by atoms with Gasteiger partial charge in [-0.25, -0.2) is 0 Å². The van der Waals surface area contributed by atoms with Gasteiger partial charge in [-0.05, 0) is 26.8 Å². The first-order chi connectivity index (χ1) is 5.15. The van der Waals surface area contributed by atoms with E-state index >= 15 is 0 Å². The molecule has 1 aliphatic heterocycles. The van der Waals surface area contributed by atoms with E-state index in [2.05, 4.69) is 38.0 Å². The summed E-state index contributed by atoms with van der Waals surface area (Å²) in [6.45, 7) is 9.33. The van der Waals surface area contributed by atoms with Crippen LogP contribution in [-0.4, -0.2) is 37.1 Å². The first-order valence-electron chi connectivity index (χ1n) is 4.56. The van der Waals surface area contributed by atoms with Crippen LogP contribution in [0.15, 0.2) is 0 Å². The Hall–Kier alpha value is -0.0800. The van der Waals surface area contributed by atoms with Gasteiger partial charge in [-0.2, -0.15) is 0 Å². The van der Waals surface area contributed by atoms with Gasteiger partial charge >= 0.3 is 0 Å². The SMILES string of the molecule is CN[C@@H]1CN(C(C)C)C[C@@H]1C. The van der Waals surface area contributed by atoms with E-state index in [1.807, 2.05) is 0 Å². The molecule has 0 radical (unpaired) electrons. The summed E-state index contributed by atoms with van der Waals surface area (Å²) in [6, 6.07) is 1.41. The van der Waals surface area contributed by atoms with Crippen LogP contribution < -0.4 is 5.32 Å². The molecule has 0 unspecified atom stereocenters. The van der Waals surface area contributed by atoms with E-state index in [9.17, 15) is 0 Å². The van der Waals surface area contributed by atoms with Crippen LogP contribution in [0, 0.1) is 5.92 Å². The second-order valence-electron chi connectivity index (χ2n) is 3.92. The fraction of sp³-hybridized carbons (Fsp3) is 1.00. The number of likely N-dealkylation sites (N-methyl/N-ethyl adjacent to an activating group) is 1. The van der Waals surface area contributed by atoms with E-state index in [-0.39, 0.29) is 0 Å². The summed E-state index contributed by atoms with van der Waals surface area (Å²) >= 11 is 0. The molecule has 66 valence electrons. The summed E-state index contributed by atoms with van der Waals surface area (Å²) in [5, 5.41) is 3.36. The zero-order valence-corrected chi connectivity index (χ0v) is 8.09. The molecule has 1 heterocycles. The number of hydrogen-bond donors (Lipinski definition) is 1. The Balaban J connectivity index is 2.43. The average molecular weight is 156 g/mol. The third-order valence-corrected chi connectivity index (χ3v) is 2.74. The van der Waals surface area contributed by atoms with Crippen LogP contribution in [0.2, 0.25) is 0 Å². The Labute approximate surface area is 70.0 Å². The van der Waals surface area contributed by atoms with Crippen molar-refractivity contribution in [2.24, 2.45) is 5.92 Å². The van der Waals surface area contributed by atoms with Gasteiger partial charge in [0.1, 0.15) is 0 Å².